The Morgan fingerprint density at radius 3 is 3.00 bits per heavy atom. The molecule has 5 nitrogen and oxygen atoms in total. The summed E-state index contributed by atoms with van der Waals surface area (Å²) in [5.41, 5.74) is 1.99. The van der Waals surface area contributed by atoms with Crippen LogP contribution in [0.15, 0.2) is 34.9 Å². The van der Waals surface area contributed by atoms with Gasteiger partial charge < -0.3 is 4.57 Å². The standard InChI is InChI=1S/C15H15N5S2/c1-20-13(10-5-6-10)18-19-15(20)22-9-11-8-21-14(17-11)12-4-2-3-7-16-12/h2-4,7-8,10H,5-6,9H2,1H3. The van der Waals surface area contributed by atoms with Crippen LogP contribution in [0.25, 0.3) is 10.7 Å². The van der Waals surface area contributed by atoms with E-state index in [4.69, 9.17) is 0 Å². The van der Waals surface area contributed by atoms with Gasteiger partial charge >= 0.3 is 0 Å². The molecule has 1 aliphatic carbocycles. The van der Waals surface area contributed by atoms with Gasteiger partial charge in [0.2, 0.25) is 0 Å². The Morgan fingerprint density at radius 2 is 2.23 bits per heavy atom. The highest BCUT2D eigenvalue weighted by Gasteiger charge is 2.29. The molecule has 0 aromatic carbocycles. The second-order valence-electron chi connectivity index (χ2n) is 5.32. The van der Waals surface area contributed by atoms with Crippen LogP contribution in [0.3, 0.4) is 0 Å². The maximum atomic E-state index is 4.66. The van der Waals surface area contributed by atoms with Crippen molar-refractivity contribution in [2.75, 3.05) is 0 Å². The molecule has 0 atom stereocenters. The minimum absolute atomic E-state index is 0.627. The van der Waals surface area contributed by atoms with Crippen LogP contribution in [-0.4, -0.2) is 24.7 Å². The molecule has 1 fully saturated rings. The predicted molar refractivity (Wildman–Crippen MR) is 87.9 cm³/mol. The Balaban J connectivity index is 1.45. The lowest BCUT2D eigenvalue weighted by Crippen LogP contribution is -1.97. The Hall–Kier alpha value is -1.73. The van der Waals surface area contributed by atoms with E-state index in [0.29, 0.717) is 5.92 Å². The highest BCUT2D eigenvalue weighted by molar-refractivity contribution is 7.98. The lowest BCUT2D eigenvalue weighted by molar-refractivity contribution is 0.736. The second-order valence-corrected chi connectivity index (χ2v) is 7.12. The summed E-state index contributed by atoms with van der Waals surface area (Å²) >= 11 is 3.32. The second kappa shape index (κ2) is 5.81. The minimum atomic E-state index is 0.627. The van der Waals surface area contributed by atoms with Crippen molar-refractivity contribution in [1.29, 1.82) is 0 Å². The van der Waals surface area contributed by atoms with Crippen LogP contribution in [0, 0.1) is 0 Å². The van der Waals surface area contributed by atoms with Crippen molar-refractivity contribution in [3.8, 4) is 10.7 Å². The zero-order valence-electron chi connectivity index (χ0n) is 12.1. The lowest BCUT2D eigenvalue weighted by Gasteiger charge is -2.01. The van der Waals surface area contributed by atoms with Gasteiger partial charge in [0.25, 0.3) is 0 Å². The fraction of sp³-hybridized carbons (Fsp3) is 0.333. The van der Waals surface area contributed by atoms with Crippen LogP contribution >= 0.6 is 23.1 Å². The van der Waals surface area contributed by atoms with Crippen LogP contribution in [0.1, 0.15) is 30.3 Å². The number of rotatable bonds is 5. The molecule has 3 aromatic rings. The molecule has 0 unspecified atom stereocenters. The van der Waals surface area contributed by atoms with E-state index in [1.165, 1.54) is 12.8 Å². The van der Waals surface area contributed by atoms with Gasteiger partial charge in [-0.15, -0.1) is 21.5 Å². The molecule has 1 aliphatic rings. The highest BCUT2D eigenvalue weighted by atomic mass is 32.2. The quantitative estimate of drug-likeness (QED) is 0.671. The summed E-state index contributed by atoms with van der Waals surface area (Å²) in [5.74, 6) is 2.55. The average Bonchev–Trinajstić information content (AvgIpc) is 3.16. The maximum absolute atomic E-state index is 4.66. The van der Waals surface area contributed by atoms with E-state index in [9.17, 15) is 0 Å². The van der Waals surface area contributed by atoms with Gasteiger partial charge in [-0.3, -0.25) is 4.98 Å². The third-order valence-electron chi connectivity index (χ3n) is 3.60. The van der Waals surface area contributed by atoms with Crippen LogP contribution in [0.5, 0.6) is 0 Å². The summed E-state index contributed by atoms with van der Waals surface area (Å²) in [6.07, 6.45) is 4.29. The Morgan fingerprint density at radius 1 is 1.32 bits per heavy atom. The van der Waals surface area contributed by atoms with Gasteiger partial charge in [-0.2, -0.15) is 0 Å². The van der Waals surface area contributed by atoms with Gasteiger partial charge in [-0.1, -0.05) is 17.8 Å². The van der Waals surface area contributed by atoms with Gasteiger partial charge in [0, 0.05) is 30.3 Å². The molecule has 0 saturated heterocycles. The molecule has 3 heterocycles. The summed E-state index contributed by atoms with van der Waals surface area (Å²) in [4.78, 5) is 9.00. The van der Waals surface area contributed by atoms with E-state index in [2.05, 4.69) is 37.2 Å². The number of thioether (sulfide) groups is 1. The number of thiazole rings is 1. The van der Waals surface area contributed by atoms with E-state index < -0.39 is 0 Å². The first kappa shape index (κ1) is 13.9. The van der Waals surface area contributed by atoms with Crippen molar-refractivity contribution in [2.24, 2.45) is 7.05 Å². The number of aromatic nitrogens is 5. The minimum Gasteiger partial charge on any atom is -0.309 e. The smallest absolute Gasteiger partial charge is 0.191 e. The zero-order valence-corrected chi connectivity index (χ0v) is 13.8. The van der Waals surface area contributed by atoms with E-state index in [0.717, 1.165) is 33.1 Å². The number of hydrogen-bond donors (Lipinski definition) is 0. The number of pyridine rings is 1. The molecule has 0 bridgehead atoms. The Kier molecular flexibility index (Phi) is 3.67. The fourth-order valence-corrected chi connectivity index (χ4v) is 3.98. The molecule has 0 N–H and O–H groups in total. The van der Waals surface area contributed by atoms with Crippen molar-refractivity contribution in [2.45, 2.75) is 29.7 Å². The first-order valence-electron chi connectivity index (χ1n) is 7.19. The number of nitrogens with zero attached hydrogens (tertiary/aromatic N) is 5. The van der Waals surface area contributed by atoms with Crippen molar-refractivity contribution in [3.63, 3.8) is 0 Å². The fourth-order valence-electron chi connectivity index (χ4n) is 2.27. The summed E-state index contributed by atoms with van der Waals surface area (Å²) in [7, 11) is 2.05. The van der Waals surface area contributed by atoms with E-state index in [-0.39, 0.29) is 0 Å². The van der Waals surface area contributed by atoms with Crippen molar-refractivity contribution in [1.82, 2.24) is 24.7 Å². The zero-order chi connectivity index (χ0) is 14.9. The molecule has 0 spiro atoms. The third kappa shape index (κ3) is 2.78. The van der Waals surface area contributed by atoms with Gasteiger partial charge in [0.15, 0.2) is 5.16 Å². The van der Waals surface area contributed by atoms with Gasteiger partial charge in [0.05, 0.1) is 11.4 Å². The first-order chi connectivity index (χ1) is 10.8. The molecule has 1 saturated carbocycles. The summed E-state index contributed by atoms with van der Waals surface area (Å²) < 4.78 is 2.12. The van der Waals surface area contributed by atoms with Gasteiger partial charge in [-0.05, 0) is 25.0 Å². The molecule has 4 rings (SSSR count). The largest absolute Gasteiger partial charge is 0.309 e. The van der Waals surface area contributed by atoms with Crippen LogP contribution in [0.4, 0.5) is 0 Å². The lowest BCUT2D eigenvalue weighted by atomic mass is 10.4. The molecular weight excluding hydrogens is 314 g/mol. The van der Waals surface area contributed by atoms with E-state index in [1.807, 2.05) is 18.2 Å². The van der Waals surface area contributed by atoms with Crippen LogP contribution < -0.4 is 0 Å². The molecule has 0 aliphatic heterocycles. The topological polar surface area (TPSA) is 56.5 Å². The molecular formula is C15H15N5S2. The Bertz CT molecular complexity index is 776. The highest BCUT2D eigenvalue weighted by Crippen LogP contribution is 2.39. The maximum Gasteiger partial charge on any atom is 0.191 e. The molecule has 0 radical (unpaired) electrons. The average molecular weight is 329 g/mol. The summed E-state index contributed by atoms with van der Waals surface area (Å²) in [6, 6.07) is 5.89. The van der Waals surface area contributed by atoms with Crippen LogP contribution in [-0.2, 0) is 12.8 Å². The SMILES string of the molecule is Cn1c(SCc2csc(-c3ccccn3)n2)nnc1C1CC1. The van der Waals surface area contributed by atoms with E-state index >= 15 is 0 Å². The van der Waals surface area contributed by atoms with Crippen molar-refractivity contribution >= 4 is 23.1 Å². The number of hydrogen-bond acceptors (Lipinski definition) is 6. The van der Waals surface area contributed by atoms with Gasteiger partial charge in [0.1, 0.15) is 10.8 Å². The van der Waals surface area contributed by atoms with Crippen molar-refractivity contribution in [3.05, 3.63) is 41.3 Å². The van der Waals surface area contributed by atoms with Crippen LogP contribution in [0.2, 0.25) is 0 Å². The third-order valence-corrected chi connectivity index (χ3v) is 5.56. The van der Waals surface area contributed by atoms with Crippen molar-refractivity contribution < 1.29 is 0 Å². The monoisotopic (exact) mass is 329 g/mol. The predicted octanol–water partition coefficient (Wildman–Crippen LogP) is 3.50. The molecule has 0 amide bonds. The Labute approximate surface area is 136 Å². The molecule has 22 heavy (non-hydrogen) atoms. The summed E-state index contributed by atoms with van der Waals surface area (Å²) in [6.45, 7) is 0. The molecule has 7 heteroatoms. The molecule has 3 aromatic heterocycles. The molecule has 112 valence electrons. The van der Waals surface area contributed by atoms with Gasteiger partial charge in [-0.25, -0.2) is 4.98 Å². The van der Waals surface area contributed by atoms with E-state index in [1.54, 1.807) is 29.3 Å². The summed E-state index contributed by atoms with van der Waals surface area (Å²) in [5, 5.41) is 12.6. The first-order valence-corrected chi connectivity index (χ1v) is 9.05. The normalized spacial score (nSPS) is 14.4.